The van der Waals surface area contributed by atoms with Crippen molar-refractivity contribution in [3.63, 3.8) is 0 Å². The number of benzene rings is 6. The molecule has 0 nitrogen and oxygen atoms in total. The van der Waals surface area contributed by atoms with Crippen molar-refractivity contribution in [2.45, 2.75) is 13.3 Å². The summed E-state index contributed by atoms with van der Waals surface area (Å²) in [6, 6.07) is 40.2. The Kier molecular flexibility index (Phi) is 5.71. The van der Waals surface area contributed by atoms with Crippen LogP contribution in [0.4, 0.5) is 0 Å². The van der Waals surface area contributed by atoms with Crippen LogP contribution in [0.2, 0.25) is 0 Å². The second-order valence-corrected chi connectivity index (χ2v) is 9.47. The van der Waals surface area contributed by atoms with Crippen LogP contribution in [0.1, 0.15) is 11.1 Å². The van der Waals surface area contributed by atoms with Gasteiger partial charge in [0.05, 0.1) is 0 Å². The van der Waals surface area contributed by atoms with Crippen LogP contribution in [-0.2, 0) is 6.42 Å². The van der Waals surface area contributed by atoms with Gasteiger partial charge in [-0.1, -0.05) is 133 Å². The van der Waals surface area contributed by atoms with Gasteiger partial charge in [-0.05, 0) is 79.5 Å². The molecule has 0 unspecified atom stereocenters. The Labute approximate surface area is 212 Å². The fourth-order valence-electron chi connectivity index (χ4n) is 5.43. The van der Waals surface area contributed by atoms with Gasteiger partial charge < -0.3 is 0 Å². The van der Waals surface area contributed by atoms with Crippen molar-refractivity contribution in [3.8, 4) is 22.3 Å². The highest BCUT2D eigenvalue weighted by Crippen LogP contribution is 2.44. The van der Waals surface area contributed by atoms with Crippen LogP contribution in [0, 0.1) is 6.92 Å². The molecule has 0 aliphatic rings. The van der Waals surface area contributed by atoms with Gasteiger partial charge in [0.15, 0.2) is 0 Å². The van der Waals surface area contributed by atoms with Crippen LogP contribution in [0.25, 0.3) is 54.6 Å². The van der Waals surface area contributed by atoms with Gasteiger partial charge in [-0.15, -0.1) is 0 Å². The lowest BCUT2D eigenvalue weighted by atomic mass is 9.85. The number of allylic oxidation sites excluding steroid dienone is 3. The van der Waals surface area contributed by atoms with Crippen LogP contribution in [-0.4, -0.2) is 0 Å². The first kappa shape index (κ1) is 22.1. The van der Waals surface area contributed by atoms with Gasteiger partial charge in [0.25, 0.3) is 0 Å². The van der Waals surface area contributed by atoms with Gasteiger partial charge in [-0.25, -0.2) is 0 Å². The first-order valence-electron chi connectivity index (χ1n) is 12.5. The molecule has 0 heterocycles. The van der Waals surface area contributed by atoms with E-state index in [2.05, 4.69) is 129 Å². The Bertz CT molecular complexity index is 1730. The molecular formula is C36H28. The van der Waals surface area contributed by atoms with Gasteiger partial charge in [0.2, 0.25) is 0 Å². The van der Waals surface area contributed by atoms with E-state index in [0.717, 1.165) is 6.42 Å². The molecular weight excluding hydrogens is 432 g/mol. The summed E-state index contributed by atoms with van der Waals surface area (Å²) in [5, 5.41) is 7.70. The van der Waals surface area contributed by atoms with Gasteiger partial charge in [-0.2, -0.15) is 0 Å². The molecule has 0 spiro atoms. The molecule has 0 fully saturated rings. The molecule has 172 valence electrons. The van der Waals surface area contributed by atoms with Crippen LogP contribution >= 0.6 is 0 Å². The van der Waals surface area contributed by atoms with Gasteiger partial charge >= 0.3 is 0 Å². The second kappa shape index (κ2) is 9.32. The Morgan fingerprint density at radius 2 is 1.19 bits per heavy atom. The highest BCUT2D eigenvalue weighted by molar-refractivity contribution is 6.21. The fraction of sp³-hybridized carbons (Fsp3) is 0.0556. The largest absolute Gasteiger partial charge is 0.0991 e. The van der Waals surface area contributed by atoms with E-state index < -0.39 is 0 Å². The van der Waals surface area contributed by atoms with E-state index in [9.17, 15) is 0 Å². The molecule has 6 aromatic carbocycles. The van der Waals surface area contributed by atoms with Crippen molar-refractivity contribution in [2.24, 2.45) is 0 Å². The molecule has 0 bridgehead atoms. The summed E-state index contributed by atoms with van der Waals surface area (Å²) in [4.78, 5) is 0. The minimum absolute atomic E-state index is 0.906. The zero-order valence-corrected chi connectivity index (χ0v) is 20.5. The molecule has 0 N–H and O–H groups in total. The highest BCUT2D eigenvalue weighted by Gasteiger charge is 2.16. The van der Waals surface area contributed by atoms with E-state index in [0.29, 0.717) is 0 Å². The predicted molar refractivity (Wildman–Crippen MR) is 158 cm³/mol. The summed E-state index contributed by atoms with van der Waals surface area (Å²) in [6.45, 7) is 5.95. The van der Waals surface area contributed by atoms with Crippen molar-refractivity contribution in [1.29, 1.82) is 0 Å². The third-order valence-electron chi connectivity index (χ3n) is 7.06. The monoisotopic (exact) mass is 460 g/mol. The second-order valence-electron chi connectivity index (χ2n) is 9.47. The molecule has 6 aromatic rings. The molecule has 6 rings (SSSR count). The fourth-order valence-corrected chi connectivity index (χ4v) is 5.43. The molecule has 0 atom stereocenters. The summed E-state index contributed by atoms with van der Waals surface area (Å²) in [5.74, 6) is 0. The number of hydrogen-bond acceptors (Lipinski definition) is 0. The third kappa shape index (κ3) is 3.91. The topological polar surface area (TPSA) is 0 Å². The summed E-state index contributed by atoms with van der Waals surface area (Å²) in [6.07, 6.45) is 6.90. The molecule has 0 radical (unpaired) electrons. The minimum Gasteiger partial charge on any atom is -0.0991 e. The van der Waals surface area contributed by atoms with Gasteiger partial charge in [-0.3, -0.25) is 0 Å². The summed E-state index contributed by atoms with van der Waals surface area (Å²) in [7, 11) is 0. The van der Waals surface area contributed by atoms with E-state index in [1.54, 1.807) is 0 Å². The molecule has 0 saturated carbocycles. The minimum atomic E-state index is 0.906. The number of aryl methyl sites for hydroxylation is 1. The molecule has 36 heavy (non-hydrogen) atoms. The molecule has 0 saturated heterocycles. The molecule has 0 amide bonds. The van der Waals surface area contributed by atoms with Crippen molar-refractivity contribution in [3.05, 3.63) is 145 Å². The SMILES string of the molecule is C=C/C=C\Cc1ccc2ccc(-c3c4ccccc4c(-c4cccc(C)c4)c4ccccc34)cc2c1. The maximum absolute atomic E-state index is 3.78. The lowest BCUT2D eigenvalue weighted by molar-refractivity contribution is 1.28. The van der Waals surface area contributed by atoms with E-state index in [4.69, 9.17) is 0 Å². The first-order chi connectivity index (χ1) is 17.7. The van der Waals surface area contributed by atoms with Crippen molar-refractivity contribution < 1.29 is 0 Å². The van der Waals surface area contributed by atoms with Crippen molar-refractivity contribution >= 4 is 32.3 Å². The number of hydrogen-bond donors (Lipinski definition) is 0. The highest BCUT2D eigenvalue weighted by atomic mass is 14.2. The van der Waals surface area contributed by atoms with Crippen molar-refractivity contribution in [1.82, 2.24) is 0 Å². The van der Waals surface area contributed by atoms with E-state index in [1.807, 2.05) is 12.2 Å². The Morgan fingerprint density at radius 3 is 1.81 bits per heavy atom. The third-order valence-corrected chi connectivity index (χ3v) is 7.06. The van der Waals surface area contributed by atoms with Gasteiger partial charge in [0.1, 0.15) is 0 Å². The lowest BCUT2D eigenvalue weighted by Crippen LogP contribution is -1.91. The summed E-state index contributed by atoms with van der Waals surface area (Å²) < 4.78 is 0. The Balaban J connectivity index is 1.64. The predicted octanol–water partition coefficient (Wildman–Crippen LogP) is 10.1. The quantitative estimate of drug-likeness (QED) is 0.177. The zero-order valence-electron chi connectivity index (χ0n) is 20.5. The van der Waals surface area contributed by atoms with E-state index in [1.165, 1.54) is 65.7 Å². The molecule has 0 heteroatoms. The van der Waals surface area contributed by atoms with Gasteiger partial charge in [0, 0.05) is 0 Å². The normalized spacial score (nSPS) is 11.6. The van der Waals surface area contributed by atoms with Crippen LogP contribution in [0.3, 0.4) is 0 Å². The first-order valence-corrected chi connectivity index (χ1v) is 12.5. The summed E-state index contributed by atoms with van der Waals surface area (Å²) >= 11 is 0. The smallest absolute Gasteiger partial charge is 0.00262 e. The van der Waals surface area contributed by atoms with E-state index in [-0.39, 0.29) is 0 Å². The summed E-state index contributed by atoms with van der Waals surface area (Å²) in [5.41, 5.74) is 7.72. The number of rotatable bonds is 5. The van der Waals surface area contributed by atoms with E-state index >= 15 is 0 Å². The Hall–Kier alpha value is -4.42. The van der Waals surface area contributed by atoms with Crippen LogP contribution < -0.4 is 0 Å². The molecule has 0 aliphatic heterocycles. The average Bonchev–Trinajstić information content (AvgIpc) is 2.91. The average molecular weight is 461 g/mol. The lowest BCUT2D eigenvalue weighted by Gasteiger charge is -2.18. The van der Waals surface area contributed by atoms with Crippen LogP contribution in [0.5, 0.6) is 0 Å². The maximum Gasteiger partial charge on any atom is -0.00262 e. The van der Waals surface area contributed by atoms with Crippen LogP contribution in [0.15, 0.2) is 134 Å². The maximum atomic E-state index is 3.78. The number of fused-ring (bicyclic) bond motifs is 3. The molecule has 0 aromatic heterocycles. The molecule has 0 aliphatic carbocycles. The zero-order chi connectivity index (χ0) is 24.5. The standard InChI is InChI=1S/C36H28/c1-3-4-5-12-26-18-19-27-20-21-29(24-30(27)23-26)36-33-16-8-6-14-31(33)35(28-13-10-11-25(2)22-28)32-15-7-9-17-34(32)36/h3-11,13-24H,1,12H2,2H3/b5-4-. The van der Waals surface area contributed by atoms with Crippen molar-refractivity contribution in [2.75, 3.05) is 0 Å². The Morgan fingerprint density at radius 1 is 0.583 bits per heavy atom.